The van der Waals surface area contributed by atoms with Crippen LogP contribution in [0.2, 0.25) is 0 Å². The summed E-state index contributed by atoms with van der Waals surface area (Å²) in [7, 11) is 0. The summed E-state index contributed by atoms with van der Waals surface area (Å²) in [4.78, 5) is 47.6. The summed E-state index contributed by atoms with van der Waals surface area (Å²) in [5.41, 5.74) is -1.51. The molecule has 1 saturated carbocycles. The first kappa shape index (κ1) is 37.2. The second-order valence-electron chi connectivity index (χ2n) is 15.3. The summed E-state index contributed by atoms with van der Waals surface area (Å²) in [5, 5.41) is 6.69. The molecule has 12 nitrogen and oxygen atoms in total. The SMILES string of the molecule is CC(C)(C)OC(=O)N[C@H]1CSc2cc(F)c(-c3noc(C45CC(CN(C(=O)OC(C)(C)C)C4)C5)n3)cc2N(Cc2ccc(OC(F)(F)F)cc2)C1=O. The van der Waals surface area contributed by atoms with Crippen LogP contribution in [0.25, 0.3) is 11.4 Å². The number of anilines is 1. The Kier molecular flexibility index (Phi) is 9.64. The van der Waals surface area contributed by atoms with Crippen LogP contribution in [0.1, 0.15) is 65.8 Å². The lowest BCUT2D eigenvalue weighted by atomic mass is 9.58. The Bertz CT molecular complexity index is 1850. The number of halogens is 4. The number of carbonyl (C=O) groups excluding carboxylic acids is 3. The van der Waals surface area contributed by atoms with E-state index in [1.807, 2.05) is 0 Å². The van der Waals surface area contributed by atoms with Gasteiger partial charge in [-0.25, -0.2) is 14.0 Å². The van der Waals surface area contributed by atoms with E-state index in [0.29, 0.717) is 36.4 Å². The Morgan fingerprint density at radius 2 is 1.71 bits per heavy atom. The summed E-state index contributed by atoms with van der Waals surface area (Å²) >= 11 is 1.13. The van der Waals surface area contributed by atoms with Crippen molar-refractivity contribution in [3.05, 3.63) is 53.7 Å². The second kappa shape index (κ2) is 13.5. The monoisotopic (exact) mass is 749 g/mol. The third kappa shape index (κ3) is 8.40. The highest BCUT2D eigenvalue weighted by Crippen LogP contribution is 2.52. The van der Waals surface area contributed by atoms with E-state index in [-0.39, 0.29) is 41.2 Å². The first-order valence-corrected chi connectivity index (χ1v) is 17.6. The molecule has 7 rings (SSSR count). The summed E-state index contributed by atoms with van der Waals surface area (Å²) in [5.74, 6) is -1.27. The molecule has 17 heteroatoms. The number of benzene rings is 2. The van der Waals surface area contributed by atoms with Gasteiger partial charge in [0, 0.05) is 23.7 Å². The second-order valence-corrected chi connectivity index (χ2v) is 16.3. The normalized spacial score (nSPS) is 21.8. The number of amides is 3. The van der Waals surface area contributed by atoms with Crippen LogP contribution in [0.15, 0.2) is 45.8 Å². The predicted molar refractivity (Wildman–Crippen MR) is 180 cm³/mol. The number of ether oxygens (including phenoxy) is 3. The molecule has 3 amide bonds. The molecule has 52 heavy (non-hydrogen) atoms. The Hall–Kier alpha value is -4.54. The molecular weight excluding hydrogens is 710 g/mol. The lowest BCUT2D eigenvalue weighted by molar-refractivity contribution is -0.274. The fourth-order valence-corrected chi connectivity index (χ4v) is 7.67. The highest BCUT2D eigenvalue weighted by atomic mass is 32.2. The predicted octanol–water partition coefficient (Wildman–Crippen LogP) is 7.21. The fraction of sp³-hybridized carbons (Fsp3) is 0.514. The summed E-state index contributed by atoms with van der Waals surface area (Å²) < 4.78 is 74.8. The van der Waals surface area contributed by atoms with E-state index in [9.17, 15) is 27.6 Å². The number of alkyl carbamates (subject to hydrolysis) is 1. The molecule has 0 spiro atoms. The van der Waals surface area contributed by atoms with Gasteiger partial charge >= 0.3 is 18.5 Å². The topological polar surface area (TPSA) is 136 Å². The minimum absolute atomic E-state index is 0.0307. The number of nitrogens with zero attached hydrogens (tertiary/aromatic N) is 4. The first-order chi connectivity index (χ1) is 24.2. The Morgan fingerprint density at radius 3 is 2.35 bits per heavy atom. The number of fused-ring (bicyclic) bond motifs is 3. The lowest BCUT2D eigenvalue weighted by Crippen LogP contribution is -2.61. The van der Waals surface area contributed by atoms with Gasteiger partial charge in [0.25, 0.3) is 5.91 Å². The Labute approximate surface area is 301 Å². The highest BCUT2D eigenvalue weighted by Gasteiger charge is 2.56. The number of aromatic nitrogens is 2. The maximum absolute atomic E-state index is 15.9. The van der Waals surface area contributed by atoms with Crippen molar-refractivity contribution in [2.75, 3.05) is 23.7 Å². The van der Waals surface area contributed by atoms with Crippen molar-refractivity contribution in [1.82, 2.24) is 20.4 Å². The van der Waals surface area contributed by atoms with E-state index in [4.69, 9.17) is 14.0 Å². The molecule has 1 aliphatic carbocycles. The van der Waals surface area contributed by atoms with Crippen LogP contribution >= 0.6 is 11.8 Å². The largest absolute Gasteiger partial charge is 0.573 e. The third-order valence-electron chi connectivity index (χ3n) is 8.60. The van der Waals surface area contributed by atoms with Crippen LogP contribution in [-0.2, 0) is 26.2 Å². The van der Waals surface area contributed by atoms with Crippen LogP contribution in [0.4, 0.5) is 32.8 Å². The van der Waals surface area contributed by atoms with Crippen LogP contribution < -0.4 is 15.0 Å². The van der Waals surface area contributed by atoms with E-state index in [1.54, 1.807) is 46.4 Å². The molecule has 0 unspecified atom stereocenters. The quantitative estimate of drug-likeness (QED) is 0.258. The van der Waals surface area contributed by atoms with E-state index in [1.165, 1.54) is 29.2 Å². The van der Waals surface area contributed by atoms with Gasteiger partial charge in [-0.15, -0.1) is 24.9 Å². The zero-order valence-corrected chi connectivity index (χ0v) is 30.2. The fourth-order valence-electron chi connectivity index (χ4n) is 6.59. The first-order valence-electron chi connectivity index (χ1n) is 16.6. The van der Waals surface area contributed by atoms with E-state index < -0.39 is 58.7 Å². The molecule has 4 heterocycles. The van der Waals surface area contributed by atoms with Gasteiger partial charge in [0.05, 0.1) is 23.2 Å². The van der Waals surface area contributed by atoms with Crippen LogP contribution in [-0.4, -0.2) is 75.6 Å². The molecule has 2 saturated heterocycles. The maximum atomic E-state index is 15.9. The zero-order valence-electron chi connectivity index (χ0n) is 29.4. The molecule has 3 aromatic rings. The van der Waals surface area contributed by atoms with Crippen LogP contribution in [0.3, 0.4) is 0 Å². The molecule has 1 N–H and O–H groups in total. The number of hydrogen-bond acceptors (Lipinski definition) is 10. The van der Waals surface area contributed by atoms with Crippen molar-refractivity contribution < 1.29 is 50.7 Å². The number of alkyl halides is 3. The number of hydrogen-bond donors (Lipinski definition) is 1. The molecule has 0 radical (unpaired) electrons. The molecule has 3 aliphatic heterocycles. The number of thioether (sulfide) groups is 1. The van der Waals surface area contributed by atoms with Crippen molar-refractivity contribution in [2.24, 2.45) is 5.92 Å². The molecule has 1 atom stereocenters. The summed E-state index contributed by atoms with van der Waals surface area (Å²) in [6.07, 6.45) is -4.75. The Balaban J connectivity index is 1.30. The van der Waals surface area contributed by atoms with Gasteiger partial charge in [-0.3, -0.25) is 4.79 Å². The van der Waals surface area contributed by atoms with Crippen molar-refractivity contribution in [1.29, 1.82) is 0 Å². The van der Waals surface area contributed by atoms with Gasteiger partial charge in [-0.2, -0.15) is 4.98 Å². The van der Waals surface area contributed by atoms with Gasteiger partial charge in [0.1, 0.15) is 28.8 Å². The van der Waals surface area contributed by atoms with Gasteiger partial charge < -0.3 is 33.9 Å². The number of piperidine rings is 2. The Morgan fingerprint density at radius 1 is 1.04 bits per heavy atom. The highest BCUT2D eigenvalue weighted by molar-refractivity contribution is 7.99. The number of nitrogens with one attached hydrogen (secondary N) is 1. The van der Waals surface area contributed by atoms with Gasteiger partial charge in [-0.05, 0) is 90.1 Å². The summed E-state index contributed by atoms with van der Waals surface area (Å²) in [6, 6.07) is 6.53. The van der Waals surface area contributed by atoms with Gasteiger partial charge in [0.15, 0.2) is 0 Å². The summed E-state index contributed by atoms with van der Waals surface area (Å²) in [6.45, 7) is 11.1. The number of carbonyl (C=O) groups is 3. The molecule has 3 fully saturated rings. The minimum Gasteiger partial charge on any atom is -0.444 e. The van der Waals surface area contributed by atoms with Crippen molar-refractivity contribution in [2.45, 2.75) is 94.8 Å². The molecule has 2 aromatic carbocycles. The molecule has 280 valence electrons. The van der Waals surface area contributed by atoms with Crippen molar-refractivity contribution >= 4 is 35.5 Å². The van der Waals surface area contributed by atoms with Crippen molar-refractivity contribution in [3.63, 3.8) is 0 Å². The lowest BCUT2D eigenvalue weighted by Gasteiger charge is -2.53. The van der Waals surface area contributed by atoms with E-state index in [0.717, 1.165) is 23.9 Å². The molecule has 1 aromatic heterocycles. The van der Waals surface area contributed by atoms with E-state index in [2.05, 4.69) is 20.2 Å². The van der Waals surface area contributed by atoms with Gasteiger partial charge in [0.2, 0.25) is 11.7 Å². The average molecular weight is 750 g/mol. The zero-order chi connectivity index (χ0) is 37.8. The van der Waals surface area contributed by atoms with E-state index >= 15 is 4.39 Å². The van der Waals surface area contributed by atoms with Crippen molar-refractivity contribution in [3.8, 4) is 17.1 Å². The number of rotatable bonds is 6. The third-order valence-corrected chi connectivity index (χ3v) is 9.74. The molecular formula is C35H39F4N5O7S. The minimum atomic E-state index is -4.89. The van der Waals surface area contributed by atoms with Gasteiger partial charge in [-0.1, -0.05) is 17.3 Å². The van der Waals surface area contributed by atoms with Crippen LogP contribution in [0.5, 0.6) is 5.75 Å². The van der Waals surface area contributed by atoms with Crippen LogP contribution in [0, 0.1) is 11.7 Å². The average Bonchev–Trinajstić information content (AvgIpc) is 3.46. The molecule has 2 bridgehead atoms. The molecule has 4 aliphatic rings. The standard InChI is InChI=1S/C35H39F4N5O7S/c1-32(2,3)49-30(46)40-24-17-52-26-12-23(36)22(11-25(26)44(28(24)45)16-19-7-9-21(10-8-19)48-35(37,38)39)27-41-29(51-42-27)34-13-20(14-34)15-43(18-34)31(47)50-33(4,5)6/h7-12,20,24H,13-18H2,1-6H3,(H,40,46)/t20?,24-,34?/m0/s1. The maximum Gasteiger partial charge on any atom is 0.573 e. The smallest absolute Gasteiger partial charge is 0.444 e.